The molecule has 0 bridgehead atoms. The molecule has 2 aliphatic rings. The summed E-state index contributed by atoms with van der Waals surface area (Å²) in [5, 5.41) is 17.0. The normalized spacial score (nSPS) is 25.5. The number of ether oxygens (including phenoxy) is 1. The maximum atomic E-state index is 13.2. The van der Waals surface area contributed by atoms with Crippen LogP contribution in [0.2, 0.25) is 0 Å². The van der Waals surface area contributed by atoms with Crippen molar-refractivity contribution in [3.8, 4) is 0 Å². The van der Waals surface area contributed by atoms with Crippen LogP contribution in [-0.4, -0.2) is 46.9 Å². The molecular weight excluding hydrogens is 415 g/mol. The number of amides is 1. The Kier molecular flexibility index (Phi) is 6.83. The van der Waals surface area contributed by atoms with E-state index in [1.807, 2.05) is 0 Å². The number of aromatic amines is 1. The van der Waals surface area contributed by atoms with Crippen molar-refractivity contribution in [3.63, 3.8) is 0 Å². The Morgan fingerprint density at radius 1 is 1.23 bits per heavy atom. The van der Waals surface area contributed by atoms with Crippen LogP contribution in [0.5, 0.6) is 0 Å². The van der Waals surface area contributed by atoms with Gasteiger partial charge < -0.3 is 25.5 Å². The molecule has 2 heterocycles. The fourth-order valence-corrected chi connectivity index (χ4v) is 4.63. The molecule has 174 valence electrons. The Bertz CT molecular complexity index is 843. The van der Waals surface area contributed by atoms with Crippen molar-refractivity contribution >= 4 is 5.91 Å². The largest absolute Gasteiger partial charge is 0.416 e. The van der Waals surface area contributed by atoms with Gasteiger partial charge in [0.25, 0.3) is 0 Å². The van der Waals surface area contributed by atoms with Crippen LogP contribution < -0.4 is 16.2 Å². The molecule has 2 atom stereocenters. The van der Waals surface area contributed by atoms with E-state index in [2.05, 4.69) is 15.6 Å². The number of H-pyrrole nitrogens is 1. The lowest BCUT2D eigenvalue weighted by Crippen LogP contribution is -2.53. The summed E-state index contributed by atoms with van der Waals surface area (Å²) in [4.78, 5) is 27.1. The van der Waals surface area contributed by atoms with Gasteiger partial charge in [0.05, 0.1) is 23.1 Å². The molecule has 1 aliphatic heterocycles. The third-order valence-corrected chi connectivity index (χ3v) is 6.48. The number of nitrogens with one attached hydrogen (secondary N) is 3. The van der Waals surface area contributed by atoms with E-state index < -0.39 is 34.2 Å². The molecule has 1 saturated carbocycles. The number of halogens is 3. The predicted octanol–water partition coefficient (Wildman–Crippen LogP) is 2.09. The molecule has 0 aromatic carbocycles. The second-order valence-electron chi connectivity index (χ2n) is 9.07. The quantitative estimate of drug-likeness (QED) is 0.537. The molecular formula is C21H30F3N3O4. The highest BCUT2D eigenvalue weighted by molar-refractivity contribution is 5.84. The zero-order valence-electron chi connectivity index (χ0n) is 17.8. The fraction of sp³-hybridized carbons (Fsp3) is 0.714. The summed E-state index contributed by atoms with van der Waals surface area (Å²) >= 11 is 0. The van der Waals surface area contributed by atoms with Crippen molar-refractivity contribution in [1.29, 1.82) is 0 Å². The molecule has 0 spiro atoms. The maximum Gasteiger partial charge on any atom is 0.416 e. The van der Waals surface area contributed by atoms with Crippen molar-refractivity contribution in [2.75, 3.05) is 13.2 Å². The number of hydrogen-bond donors (Lipinski definition) is 4. The molecule has 1 aromatic heterocycles. The van der Waals surface area contributed by atoms with Gasteiger partial charge in [-0.1, -0.05) is 0 Å². The third-order valence-electron chi connectivity index (χ3n) is 6.48. The standard InChI is InChI=1S/C21H30F3N3O4/c1-19(2,30)20(6-3-15(11-20)26-14-4-7-31-8-5-14)18(29)25-12-16-9-13(21(22,23)24)10-17(28)27-16/h9-10,14-15,26,30H,3-8,11-12H2,1-2H3,(H,25,29)(H,27,28)/t15-,20-/m1/s1. The lowest BCUT2D eigenvalue weighted by atomic mass is 9.71. The predicted molar refractivity (Wildman–Crippen MR) is 107 cm³/mol. The van der Waals surface area contributed by atoms with Crippen LogP contribution in [0.1, 0.15) is 57.2 Å². The van der Waals surface area contributed by atoms with Gasteiger partial charge in [0, 0.05) is 37.1 Å². The van der Waals surface area contributed by atoms with Gasteiger partial charge in [0.1, 0.15) is 0 Å². The average Bonchev–Trinajstić information content (AvgIpc) is 3.11. The lowest BCUT2D eigenvalue weighted by molar-refractivity contribution is -0.146. The SMILES string of the molecule is CC(C)(O)[C@]1(C(=O)NCc2cc(C(F)(F)F)cc(=O)[nH]2)CC[C@@H](NC2CCOCC2)C1. The van der Waals surface area contributed by atoms with E-state index in [9.17, 15) is 27.9 Å². The number of aromatic nitrogens is 1. The molecule has 2 fully saturated rings. The van der Waals surface area contributed by atoms with Gasteiger partial charge in [0.2, 0.25) is 11.5 Å². The van der Waals surface area contributed by atoms with Gasteiger partial charge in [-0.15, -0.1) is 0 Å². The summed E-state index contributed by atoms with van der Waals surface area (Å²) in [5.74, 6) is -0.436. The summed E-state index contributed by atoms with van der Waals surface area (Å²) in [6, 6.07) is 1.64. The van der Waals surface area contributed by atoms with Crippen molar-refractivity contribution in [2.24, 2.45) is 5.41 Å². The first kappa shape index (κ1) is 23.7. The van der Waals surface area contributed by atoms with Crippen LogP contribution in [0.15, 0.2) is 16.9 Å². The molecule has 1 amide bonds. The topological polar surface area (TPSA) is 103 Å². The molecule has 10 heteroatoms. The van der Waals surface area contributed by atoms with Gasteiger partial charge in [0.15, 0.2) is 0 Å². The van der Waals surface area contributed by atoms with E-state index in [0.29, 0.717) is 44.6 Å². The molecule has 0 radical (unpaired) electrons. The fourth-order valence-electron chi connectivity index (χ4n) is 4.63. The van der Waals surface area contributed by atoms with Crippen molar-refractivity contribution in [1.82, 2.24) is 15.6 Å². The molecule has 1 saturated heterocycles. The third kappa shape index (κ3) is 5.48. The second-order valence-corrected chi connectivity index (χ2v) is 9.07. The number of carbonyl (C=O) groups is 1. The molecule has 1 aliphatic carbocycles. The number of rotatable bonds is 6. The first-order valence-electron chi connectivity index (χ1n) is 10.6. The van der Waals surface area contributed by atoms with E-state index >= 15 is 0 Å². The maximum absolute atomic E-state index is 13.2. The van der Waals surface area contributed by atoms with Crippen molar-refractivity contribution < 1.29 is 27.8 Å². The van der Waals surface area contributed by atoms with Crippen LogP contribution in [0.25, 0.3) is 0 Å². The average molecular weight is 445 g/mol. The molecule has 3 rings (SSSR count). The molecule has 0 unspecified atom stereocenters. The van der Waals surface area contributed by atoms with E-state index in [-0.39, 0.29) is 18.3 Å². The van der Waals surface area contributed by atoms with Crippen LogP contribution >= 0.6 is 0 Å². The molecule has 31 heavy (non-hydrogen) atoms. The van der Waals surface area contributed by atoms with Crippen molar-refractivity contribution in [2.45, 2.75) is 76.4 Å². The number of hydrogen-bond acceptors (Lipinski definition) is 5. The number of alkyl halides is 3. The monoisotopic (exact) mass is 445 g/mol. The first-order chi connectivity index (χ1) is 14.4. The number of carbonyl (C=O) groups excluding carboxylic acids is 1. The summed E-state index contributed by atoms with van der Waals surface area (Å²) in [7, 11) is 0. The number of pyridine rings is 1. The molecule has 4 N–H and O–H groups in total. The Labute approximate surface area is 178 Å². The Morgan fingerprint density at radius 3 is 2.52 bits per heavy atom. The van der Waals surface area contributed by atoms with Crippen molar-refractivity contribution in [3.05, 3.63) is 33.7 Å². The Morgan fingerprint density at radius 2 is 1.90 bits per heavy atom. The smallest absolute Gasteiger partial charge is 0.389 e. The van der Waals surface area contributed by atoms with Gasteiger partial charge in [-0.25, -0.2) is 0 Å². The minimum absolute atomic E-state index is 0.0473. The van der Waals surface area contributed by atoms with Gasteiger partial charge in [-0.3, -0.25) is 9.59 Å². The van der Waals surface area contributed by atoms with E-state index in [1.54, 1.807) is 13.8 Å². The van der Waals surface area contributed by atoms with Crippen LogP contribution in [0, 0.1) is 5.41 Å². The van der Waals surface area contributed by atoms with Gasteiger partial charge in [-0.2, -0.15) is 13.2 Å². The molecule has 1 aromatic rings. The summed E-state index contributed by atoms with van der Waals surface area (Å²) in [6.45, 7) is 4.27. The Balaban J connectivity index is 1.70. The summed E-state index contributed by atoms with van der Waals surface area (Å²) < 4.78 is 44.2. The minimum atomic E-state index is -4.66. The highest BCUT2D eigenvalue weighted by Gasteiger charge is 2.54. The molecule has 7 nitrogen and oxygen atoms in total. The summed E-state index contributed by atoms with van der Waals surface area (Å²) in [6.07, 6.45) is -1.31. The number of aliphatic hydroxyl groups is 1. The minimum Gasteiger partial charge on any atom is -0.389 e. The first-order valence-corrected chi connectivity index (χ1v) is 10.6. The second kappa shape index (κ2) is 8.91. The zero-order valence-corrected chi connectivity index (χ0v) is 17.8. The Hall–Kier alpha value is -1.91. The van der Waals surface area contributed by atoms with Gasteiger partial charge >= 0.3 is 6.18 Å². The zero-order chi connectivity index (χ0) is 22.9. The highest BCUT2D eigenvalue weighted by Crippen LogP contribution is 2.47. The van der Waals surface area contributed by atoms with E-state index in [4.69, 9.17) is 4.74 Å². The van der Waals surface area contributed by atoms with Crippen LogP contribution in [0.3, 0.4) is 0 Å². The van der Waals surface area contributed by atoms with E-state index in [1.165, 1.54) is 0 Å². The highest BCUT2D eigenvalue weighted by atomic mass is 19.4. The van der Waals surface area contributed by atoms with E-state index in [0.717, 1.165) is 18.9 Å². The van der Waals surface area contributed by atoms with Crippen LogP contribution in [-0.2, 0) is 22.3 Å². The van der Waals surface area contributed by atoms with Gasteiger partial charge in [-0.05, 0) is 52.0 Å². The van der Waals surface area contributed by atoms with Crippen LogP contribution in [0.4, 0.5) is 13.2 Å². The summed E-state index contributed by atoms with van der Waals surface area (Å²) in [5.41, 5.74) is -4.42. The lowest BCUT2D eigenvalue weighted by Gasteiger charge is -2.39.